The third kappa shape index (κ3) is 3.92. The lowest BCUT2D eigenvalue weighted by Crippen LogP contribution is -2.36. The van der Waals surface area contributed by atoms with E-state index in [4.69, 9.17) is 5.84 Å². The highest BCUT2D eigenvalue weighted by atomic mass is 16.2. The van der Waals surface area contributed by atoms with E-state index in [9.17, 15) is 4.79 Å². The molecule has 0 aliphatic carbocycles. The first-order valence-corrected chi connectivity index (χ1v) is 6.57. The summed E-state index contributed by atoms with van der Waals surface area (Å²) in [4.78, 5) is 18.4. The Hall–Kier alpha value is -1.62. The number of carbonyl (C=O) groups is 1. The van der Waals surface area contributed by atoms with Crippen LogP contribution in [0.15, 0.2) is 12.3 Å². The van der Waals surface area contributed by atoms with Gasteiger partial charge in [-0.05, 0) is 32.3 Å². The fraction of sp³-hybridized carbons (Fsp3) is 0.571. The second kappa shape index (κ2) is 6.52. The second-order valence-corrected chi connectivity index (χ2v) is 5.41. The van der Waals surface area contributed by atoms with Crippen LogP contribution in [-0.4, -0.2) is 28.9 Å². The molecule has 1 unspecified atom stereocenters. The van der Waals surface area contributed by atoms with Crippen molar-refractivity contribution in [3.8, 4) is 0 Å². The summed E-state index contributed by atoms with van der Waals surface area (Å²) in [5.41, 5.74) is 4.50. The zero-order valence-electron chi connectivity index (χ0n) is 12.4. The van der Waals surface area contributed by atoms with Crippen molar-refractivity contribution in [3.63, 3.8) is 0 Å². The lowest BCUT2D eigenvalue weighted by atomic mass is 10.0. The molecule has 3 N–H and O–H groups in total. The summed E-state index contributed by atoms with van der Waals surface area (Å²) in [7, 11) is 1.82. The van der Waals surface area contributed by atoms with Crippen LogP contribution in [0.1, 0.15) is 43.2 Å². The highest BCUT2D eigenvalue weighted by molar-refractivity contribution is 5.99. The molecule has 1 aromatic heterocycles. The molecule has 0 saturated carbocycles. The first kappa shape index (κ1) is 15.4. The van der Waals surface area contributed by atoms with E-state index in [0.29, 0.717) is 17.2 Å². The SMILES string of the molecule is Cc1cc(NN)c(C(=O)N(C)C(C)CC(C)C)cn1. The van der Waals surface area contributed by atoms with Crippen molar-refractivity contribution < 1.29 is 4.79 Å². The van der Waals surface area contributed by atoms with Gasteiger partial charge in [-0.25, -0.2) is 0 Å². The number of anilines is 1. The van der Waals surface area contributed by atoms with E-state index in [1.807, 2.05) is 14.0 Å². The van der Waals surface area contributed by atoms with Crippen LogP contribution in [-0.2, 0) is 0 Å². The Kier molecular flexibility index (Phi) is 5.30. The zero-order chi connectivity index (χ0) is 14.6. The van der Waals surface area contributed by atoms with Gasteiger partial charge in [-0.3, -0.25) is 15.6 Å². The third-order valence-electron chi connectivity index (χ3n) is 3.22. The van der Waals surface area contributed by atoms with E-state index in [0.717, 1.165) is 12.1 Å². The molecule has 0 aromatic carbocycles. The summed E-state index contributed by atoms with van der Waals surface area (Å²) in [5.74, 6) is 5.95. The maximum absolute atomic E-state index is 12.4. The Morgan fingerprint density at radius 1 is 1.47 bits per heavy atom. The Labute approximate surface area is 115 Å². The number of amides is 1. The van der Waals surface area contributed by atoms with Gasteiger partial charge in [0.05, 0.1) is 11.3 Å². The Morgan fingerprint density at radius 3 is 2.63 bits per heavy atom. The number of hydrogen-bond acceptors (Lipinski definition) is 4. The second-order valence-electron chi connectivity index (χ2n) is 5.41. The number of pyridine rings is 1. The van der Waals surface area contributed by atoms with Crippen LogP contribution in [0.2, 0.25) is 0 Å². The predicted molar refractivity (Wildman–Crippen MR) is 77.8 cm³/mol. The van der Waals surface area contributed by atoms with Crippen LogP contribution in [0.3, 0.4) is 0 Å². The van der Waals surface area contributed by atoms with Gasteiger partial charge < -0.3 is 10.3 Å². The Bertz CT molecular complexity index is 445. The summed E-state index contributed by atoms with van der Waals surface area (Å²) in [6.07, 6.45) is 2.54. The molecule has 1 atom stereocenters. The van der Waals surface area contributed by atoms with E-state index in [-0.39, 0.29) is 11.9 Å². The molecule has 1 amide bonds. The number of aryl methyl sites for hydroxylation is 1. The van der Waals surface area contributed by atoms with E-state index >= 15 is 0 Å². The minimum atomic E-state index is -0.0615. The largest absolute Gasteiger partial charge is 0.339 e. The summed E-state index contributed by atoms with van der Waals surface area (Å²) < 4.78 is 0. The molecule has 5 heteroatoms. The topological polar surface area (TPSA) is 71.2 Å². The van der Waals surface area contributed by atoms with Gasteiger partial charge in [0.25, 0.3) is 5.91 Å². The summed E-state index contributed by atoms with van der Waals surface area (Å²) in [5, 5.41) is 0. The van der Waals surface area contributed by atoms with Gasteiger partial charge in [0.2, 0.25) is 0 Å². The summed E-state index contributed by atoms with van der Waals surface area (Å²) in [6.45, 7) is 8.21. The number of rotatable bonds is 5. The molecule has 0 fully saturated rings. The fourth-order valence-electron chi connectivity index (χ4n) is 2.08. The van der Waals surface area contributed by atoms with Crippen molar-refractivity contribution in [3.05, 3.63) is 23.5 Å². The molecule has 5 nitrogen and oxygen atoms in total. The molecule has 0 radical (unpaired) electrons. The minimum absolute atomic E-state index is 0.0615. The average molecular weight is 264 g/mol. The number of carbonyl (C=O) groups excluding carboxylic acids is 1. The quantitative estimate of drug-likeness (QED) is 0.631. The first-order valence-electron chi connectivity index (χ1n) is 6.57. The fourth-order valence-corrected chi connectivity index (χ4v) is 2.08. The smallest absolute Gasteiger partial charge is 0.257 e. The number of aromatic nitrogens is 1. The first-order chi connectivity index (χ1) is 8.86. The number of nitrogens with zero attached hydrogens (tertiary/aromatic N) is 2. The molecular formula is C14H24N4O. The molecule has 1 rings (SSSR count). The molecule has 0 aliphatic heterocycles. The third-order valence-corrected chi connectivity index (χ3v) is 3.22. The van der Waals surface area contributed by atoms with Gasteiger partial charge in [0.1, 0.15) is 0 Å². The predicted octanol–water partition coefficient (Wildman–Crippen LogP) is 2.18. The number of hydrazine groups is 1. The van der Waals surface area contributed by atoms with Crippen molar-refractivity contribution in [2.45, 2.75) is 40.2 Å². The standard InChI is InChI=1S/C14H24N4O/c1-9(2)6-11(4)18(5)14(19)12-8-16-10(3)7-13(12)17-15/h7-9,11H,6,15H2,1-5H3,(H,16,17). The van der Waals surface area contributed by atoms with Crippen molar-refractivity contribution in [1.82, 2.24) is 9.88 Å². The molecule has 19 heavy (non-hydrogen) atoms. The van der Waals surface area contributed by atoms with E-state index < -0.39 is 0 Å². The molecule has 0 spiro atoms. The van der Waals surface area contributed by atoms with Crippen molar-refractivity contribution in [1.29, 1.82) is 0 Å². The lowest BCUT2D eigenvalue weighted by Gasteiger charge is -2.27. The van der Waals surface area contributed by atoms with Gasteiger partial charge in [0.15, 0.2) is 0 Å². The summed E-state index contributed by atoms with van der Waals surface area (Å²) in [6, 6.07) is 1.95. The normalized spacial score (nSPS) is 12.4. The Morgan fingerprint density at radius 2 is 2.11 bits per heavy atom. The highest BCUT2D eigenvalue weighted by Crippen LogP contribution is 2.19. The molecule has 0 aliphatic rings. The van der Waals surface area contributed by atoms with Crippen LogP contribution >= 0.6 is 0 Å². The maximum atomic E-state index is 12.4. The van der Waals surface area contributed by atoms with E-state index in [1.165, 1.54) is 0 Å². The average Bonchev–Trinajstić information content (AvgIpc) is 2.36. The van der Waals surface area contributed by atoms with Crippen LogP contribution in [0, 0.1) is 12.8 Å². The number of nitrogens with one attached hydrogen (secondary N) is 1. The van der Waals surface area contributed by atoms with E-state index in [1.54, 1.807) is 17.2 Å². The minimum Gasteiger partial charge on any atom is -0.339 e. The number of nitrogen functional groups attached to an aromatic ring is 1. The van der Waals surface area contributed by atoms with Gasteiger partial charge in [-0.1, -0.05) is 13.8 Å². The highest BCUT2D eigenvalue weighted by Gasteiger charge is 2.21. The van der Waals surface area contributed by atoms with Crippen molar-refractivity contribution >= 4 is 11.6 Å². The van der Waals surface area contributed by atoms with Crippen LogP contribution < -0.4 is 11.3 Å². The van der Waals surface area contributed by atoms with Crippen LogP contribution in [0.25, 0.3) is 0 Å². The lowest BCUT2D eigenvalue weighted by molar-refractivity contribution is 0.0728. The van der Waals surface area contributed by atoms with Gasteiger partial charge in [-0.2, -0.15) is 0 Å². The Balaban J connectivity index is 2.93. The molecular weight excluding hydrogens is 240 g/mol. The van der Waals surface area contributed by atoms with Gasteiger partial charge in [0, 0.05) is 25.0 Å². The van der Waals surface area contributed by atoms with Crippen LogP contribution in [0.5, 0.6) is 0 Å². The molecule has 106 valence electrons. The van der Waals surface area contributed by atoms with Crippen LogP contribution in [0.4, 0.5) is 5.69 Å². The van der Waals surface area contributed by atoms with E-state index in [2.05, 4.69) is 31.2 Å². The van der Waals surface area contributed by atoms with Crippen molar-refractivity contribution in [2.75, 3.05) is 12.5 Å². The maximum Gasteiger partial charge on any atom is 0.257 e. The van der Waals surface area contributed by atoms with Gasteiger partial charge >= 0.3 is 0 Å². The zero-order valence-corrected chi connectivity index (χ0v) is 12.4. The monoisotopic (exact) mass is 264 g/mol. The van der Waals surface area contributed by atoms with Crippen molar-refractivity contribution in [2.24, 2.45) is 11.8 Å². The molecule has 1 aromatic rings. The van der Waals surface area contributed by atoms with Gasteiger partial charge in [-0.15, -0.1) is 0 Å². The molecule has 1 heterocycles. The number of hydrogen-bond donors (Lipinski definition) is 2. The summed E-state index contributed by atoms with van der Waals surface area (Å²) >= 11 is 0. The molecule has 0 bridgehead atoms. The number of nitrogens with two attached hydrogens (primary N) is 1. The molecule has 0 saturated heterocycles.